The molecule has 0 unspecified atom stereocenters. The van der Waals surface area contributed by atoms with Crippen LogP contribution in [0.2, 0.25) is 0 Å². The molecule has 1 aromatic heterocycles. The lowest BCUT2D eigenvalue weighted by Crippen LogP contribution is -2.24. The smallest absolute Gasteiger partial charge is 0.250 e. The Morgan fingerprint density at radius 1 is 1.24 bits per heavy atom. The molecule has 0 fully saturated rings. The third-order valence-corrected chi connectivity index (χ3v) is 3.13. The van der Waals surface area contributed by atoms with Crippen LogP contribution in [0.4, 0.5) is 5.69 Å². The van der Waals surface area contributed by atoms with Crippen LogP contribution < -0.4 is 10.9 Å². The van der Waals surface area contributed by atoms with Gasteiger partial charge in [-0.15, -0.1) is 0 Å². The maximum Gasteiger partial charge on any atom is 0.250 e. The predicted molar refractivity (Wildman–Crippen MR) is 79.8 cm³/mol. The second-order valence-electron chi connectivity index (χ2n) is 4.64. The molecule has 0 saturated carbocycles. The van der Waals surface area contributed by atoms with E-state index < -0.39 is 0 Å². The number of aromatic nitrogens is 1. The number of hydrogen-bond acceptors (Lipinski definition) is 3. The molecular weight excluding hydrogens is 266 g/mol. The fraction of sp³-hybridized carbons (Fsp3) is 0.188. The van der Waals surface area contributed by atoms with E-state index in [1.54, 1.807) is 34.9 Å². The number of nitrogens with zero attached hydrogens (tertiary/aromatic N) is 2. The average Bonchev–Trinajstić information content (AvgIpc) is 2.47. The zero-order chi connectivity index (χ0) is 15.2. The van der Waals surface area contributed by atoms with Crippen molar-refractivity contribution < 1.29 is 4.79 Å². The van der Waals surface area contributed by atoms with Crippen LogP contribution in [0.5, 0.6) is 0 Å². The zero-order valence-corrected chi connectivity index (χ0v) is 11.7. The molecule has 0 spiro atoms. The molecule has 0 aliphatic rings. The van der Waals surface area contributed by atoms with Crippen molar-refractivity contribution in [2.45, 2.75) is 19.9 Å². The highest BCUT2D eigenvalue weighted by Crippen LogP contribution is 2.09. The number of nitrogens with one attached hydrogen (secondary N) is 1. The Balaban J connectivity index is 1.96. The maximum atomic E-state index is 11.9. The molecule has 0 atom stereocenters. The molecule has 5 heteroatoms. The highest BCUT2D eigenvalue weighted by molar-refractivity contribution is 5.90. The predicted octanol–water partition coefficient (Wildman–Crippen LogP) is 2.06. The first kappa shape index (κ1) is 14.5. The van der Waals surface area contributed by atoms with E-state index in [-0.39, 0.29) is 17.9 Å². The van der Waals surface area contributed by atoms with Crippen molar-refractivity contribution in [3.8, 4) is 6.07 Å². The Morgan fingerprint density at radius 2 is 1.95 bits per heavy atom. The van der Waals surface area contributed by atoms with Crippen molar-refractivity contribution in [2.75, 3.05) is 5.32 Å². The molecule has 0 radical (unpaired) electrons. The number of carbonyl (C=O) groups excluding carboxylic acids is 1. The average molecular weight is 281 g/mol. The molecule has 0 saturated heterocycles. The van der Waals surface area contributed by atoms with Crippen LogP contribution in [0.25, 0.3) is 0 Å². The number of amides is 1. The summed E-state index contributed by atoms with van der Waals surface area (Å²) >= 11 is 0. The van der Waals surface area contributed by atoms with Gasteiger partial charge in [-0.2, -0.15) is 5.26 Å². The van der Waals surface area contributed by atoms with Crippen LogP contribution in [-0.4, -0.2) is 10.5 Å². The first-order valence-electron chi connectivity index (χ1n) is 6.56. The minimum Gasteiger partial charge on any atom is -0.326 e. The summed E-state index contributed by atoms with van der Waals surface area (Å²) in [5, 5.41) is 11.4. The molecule has 2 rings (SSSR count). The summed E-state index contributed by atoms with van der Waals surface area (Å²) in [6, 6.07) is 13.7. The second kappa shape index (κ2) is 6.53. The zero-order valence-electron chi connectivity index (χ0n) is 11.7. The maximum absolute atomic E-state index is 11.9. The molecule has 106 valence electrons. The topological polar surface area (TPSA) is 74.9 Å². The van der Waals surface area contributed by atoms with Crippen LogP contribution >= 0.6 is 0 Å². The van der Waals surface area contributed by atoms with Gasteiger partial charge in [0, 0.05) is 30.4 Å². The Bertz CT molecular complexity index is 739. The summed E-state index contributed by atoms with van der Waals surface area (Å²) in [5.74, 6) is -0.171. The van der Waals surface area contributed by atoms with E-state index in [2.05, 4.69) is 5.32 Å². The molecule has 1 heterocycles. The monoisotopic (exact) mass is 281 g/mol. The largest absolute Gasteiger partial charge is 0.326 e. The molecule has 1 aromatic carbocycles. The number of pyridine rings is 1. The fourth-order valence-electron chi connectivity index (χ4n) is 1.97. The van der Waals surface area contributed by atoms with Gasteiger partial charge in [-0.3, -0.25) is 9.59 Å². The Morgan fingerprint density at radius 3 is 2.57 bits per heavy atom. The summed E-state index contributed by atoms with van der Waals surface area (Å²) in [7, 11) is 0. The molecule has 0 aliphatic carbocycles. The molecule has 1 N–H and O–H groups in total. The Hall–Kier alpha value is -2.87. The summed E-state index contributed by atoms with van der Waals surface area (Å²) < 4.78 is 1.57. The van der Waals surface area contributed by atoms with Crippen molar-refractivity contribution in [1.29, 1.82) is 5.26 Å². The number of nitriles is 1. The third kappa shape index (κ3) is 3.80. The van der Waals surface area contributed by atoms with Crippen LogP contribution in [0, 0.1) is 18.3 Å². The van der Waals surface area contributed by atoms with Gasteiger partial charge < -0.3 is 9.88 Å². The van der Waals surface area contributed by atoms with Gasteiger partial charge in [0.25, 0.3) is 5.56 Å². The van der Waals surface area contributed by atoms with E-state index in [1.807, 2.05) is 19.1 Å². The van der Waals surface area contributed by atoms with Gasteiger partial charge in [0.2, 0.25) is 5.91 Å². The molecule has 21 heavy (non-hydrogen) atoms. The van der Waals surface area contributed by atoms with Gasteiger partial charge in [0.15, 0.2) is 0 Å². The van der Waals surface area contributed by atoms with Gasteiger partial charge in [-0.25, -0.2) is 0 Å². The van der Waals surface area contributed by atoms with Gasteiger partial charge >= 0.3 is 0 Å². The van der Waals surface area contributed by atoms with E-state index in [0.717, 1.165) is 5.69 Å². The quantitative estimate of drug-likeness (QED) is 0.932. The molecule has 2 aromatic rings. The summed E-state index contributed by atoms with van der Waals surface area (Å²) in [6.45, 7) is 2.17. The van der Waals surface area contributed by atoms with Crippen molar-refractivity contribution in [3.05, 3.63) is 64.1 Å². The minimum absolute atomic E-state index is 0.110. The normalized spacial score (nSPS) is 9.90. The second-order valence-corrected chi connectivity index (χ2v) is 4.64. The number of hydrogen-bond donors (Lipinski definition) is 1. The van der Waals surface area contributed by atoms with E-state index in [9.17, 15) is 9.59 Å². The number of aryl methyl sites for hydroxylation is 1. The van der Waals surface area contributed by atoms with Gasteiger partial charge in [0.1, 0.15) is 0 Å². The Kier molecular flexibility index (Phi) is 4.52. The van der Waals surface area contributed by atoms with Gasteiger partial charge in [-0.1, -0.05) is 6.07 Å². The van der Waals surface area contributed by atoms with Crippen LogP contribution in [0.3, 0.4) is 0 Å². The van der Waals surface area contributed by atoms with E-state index >= 15 is 0 Å². The standard InChI is InChI=1S/C16H15N3O2/c1-12-3-2-4-16(21)19(12)10-9-15(20)18-14-7-5-13(11-17)6-8-14/h2-8H,9-10H2,1H3,(H,18,20). The molecule has 0 bridgehead atoms. The van der Waals surface area contributed by atoms with Crippen molar-refractivity contribution in [2.24, 2.45) is 0 Å². The van der Waals surface area contributed by atoms with Gasteiger partial charge in [0.05, 0.1) is 11.6 Å². The minimum atomic E-state index is -0.171. The highest BCUT2D eigenvalue weighted by Gasteiger charge is 2.05. The molecule has 1 amide bonds. The SMILES string of the molecule is Cc1cccc(=O)n1CCC(=O)Nc1ccc(C#N)cc1. The first-order chi connectivity index (χ1) is 10.1. The lowest BCUT2D eigenvalue weighted by atomic mass is 10.2. The van der Waals surface area contributed by atoms with Crippen LogP contribution in [0.1, 0.15) is 17.7 Å². The van der Waals surface area contributed by atoms with Crippen molar-refractivity contribution in [1.82, 2.24) is 4.57 Å². The number of benzene rings is 1. The van der Waals surface area contributed by atoms with Crippen LogP contribution in [0.15, 0.2) is 47.3 Å². The summed E-state index contributed by atoms with van der Waals surface area (Å²) in [4.78, 5) is 23.6. The lowest BCUT2D eigenvalue weighted by molar-refractivity contribution is -0.116. The van der Waals surface area contributed by atoms with Crippen molar-refractivity contribution >= 4 is 11.6 Å². The fourth-order valence-corrected chi connectivity index (χ4v) is 1.97. The van der Waals surface area contributed by atoms with E-state index in [0.29, 0.717) is 17.8 Å². The highest BCUT2D eigenvalue weighted by atomic mass is 16.1. The van der Waals surface area contributed by atoms with E-state index in [4.69, 9.17) is 5.26 Å². The van der Waals surface area contributed by atoms with Crippen LogP contribution in [-0.2, 0) is 11.3 Å². The van der Waals surface area contributed by atoms with Crippen molar-refractivity contribution in [3.63, 3.8) is 0 Å². The number of rotatable bonds is 4. The molecule has 0 aliphatic heterocycles. The van der Waals surface area contributed by atoms with E-state index in [1.165, 1.54) is 6.07 Å². The third-order valence-electron chi connectivity index (χ3n) is 3.13. The molecule has 5 nitrogen and oxygen atoms in total. The van der Waals surface area contributed by atoms with Gasteiger partial charge in [-0.05, 0) is 37.3 Å². The summed E-state index contributed by atoms with van der Waals surface area (Å²) in [6.07, 6.45) is 0.213. The number of carbonyl (C=O) groups is 1. The molecular formula is C16H15N3O2. The summed E-state index contributed by atoms with van der Waals surface area (Å²) in [5.41, 5.74) is 1.89. The number of anilines is 1. The Labute approximate surface area is 122 Å². The first-order valence-corrected chi connectivity index (χ1v) is 6.56. The lowest BCUT2D eigenvalue weighted by Gasteiger charge is -2.09.